The third kappa shape index (κ3) is 4.14. The van der Waals surface area contributed by atoms with Gasteiger partial charge in [0.25, 0.3) is 0 Å². The Morgan fingerprint density at radius 2 is 1.29 bits per heavy atom. The first-order valence-electron chi connectivity index (χ1n) is 8.69. The maximum atomic E-state index is 13.9. The van der Waals surface area contributed by atoms with Crippen LogP contribution in [-0.4, -0.2) is 11.8 Å². The summed E-state index contributed by atoms with van der Waals surface area (Å²) in [5, 5.41) is 0. The van der Waals surface area contributed by atoms with E-state index in [9.17, 15) is 18.4 Å². The Balaban J connectivity index is 1.99. The number of esters is 1. The summed E-state index contributed by atoms with van der Waals surface area (Å²) >= 11 is 0. The smallest absolute Gasteiger partial charge is 0.345 e. The lowest BCUT2D eigenvalue weighted by Crippen LogP contribution is -2.21. The van der Waals surface area contributed by atoms with Crippen LogP contribution < -0.4 is 0 Å². The molecule has 0 bridgehead atoms. The first-order valence-corrected chi connectivity index (χ1v) is 8.69. The van der Waals surface area contributed by atoms with Crippen molar-refractivity contribution >= 4 is 11.8 Å². The molecule has 142 valence electrons. The van der Waals surface area contributed by atoms with E-state index in [4.69, 9.17) is 4.74 Å². The standard InChI is InChI=1S/C23H18F2O3/c1-14-6-10-16(11-7-14)21(26)22(17-12-8-15(2)9-13-17)28-23(27)20-18(24)4-3-5-19(20)25/h3-13,22H,1-2H3/t22-/m1/s1. The Kier molecular flexibility index (Phi) is 5.64. The molecule has 0 fully saturated rings. The van der Waals surface area contributed by atoms with Gasteiger partial charge in [0.1, 0.15) is 17.2 Å². The van der Waals surface area contributed by atoms with Gasteiger partial charge in [-0.2, -0.15) is 0 Å². The van der Waals surface area contributed by atoms with Gasteiger partial charge in [-0.05, 0) is 26.0 Å². The number of carbonyl (C=O) groups is 2. The second-order valence-corrected chi connectivity index (χ2v) is 6.52. The van der Waals surface area contributed by atoms with Crippen molar-refractivity contribution in [3.63, 3.8) is 0 Å². The Morgan fingerprint density at radius 1 is 0.786 bits per heavy atom. The molecule has 3 rings (SSSR count). The number of hydrogen-bond acceptors (Lipinski definition) is 3. The normalized spacial score (nSPS) is 11.7. The van der Waals surface area contributed by atoms with Gasteiger partial charge in [-0.3, -0.25) is 4.79 Å². The molecule has 28 heavy (non-hydrogen) atoms. The number of halogens is 2. The zero-order chi connectivity index (χ0) is 20.3. The highest BCUT2D eigenvalue weighted by Crippen LogP contribution is 2.26. The van der Waals surface area contributed by atoms with Crippen molar-refractivity contribution in [3.8, 4) is 0 Å². The zero-order valence-corrected chi connectivity index (χ0v) is 15.4. The molecular weight excluding hydrogens is 362 g/mol. The minimum Gasteiger partial charge on any atom is -0.445 e. The molecule has 0 N–H and O–H groups in total. The van der Waals surface area contributed by atoms with Crippen molar-refractivity contribution in [1.29, 1.82) is 0 Å². The van der Waals surface area contributed by atoms with Crippen molar-refractivity contribution in [2.45, 2.75) is 20.0 Å². The van der Waals surface area contributed by atoms with Crippen molar-refractivity contribution < 1.29 is 23.1 Å². The quantitative estimate of drug-likeness (QED) is 0.442. The fraction of sp³-hybridized carbons (Fsp3) is 0.130. The molecule has 0 unspecified atom stereocenters. The number of Topliss-reactive ketones (excluding diaryl/α,β-unsaturated/α-hetero) is 1. The van der Waals surface area contributed by atoms with E-state index in [1.165, 1.54) is 0 Å². The monoisotopic (exact) mass is 380 g/mol. The number of carbonyl (C=O) groups excluding carboxylic acids is 2. The second-order valence-electron chi connectivity index (χ2n) is 6.52. The molecule has 0 spiro atoms. The first-order chi connectivity index (χ1) is 13.4. The van der Waals surface area contributed by atoms with E-state index < -0.39 is 35.1 Å². The maximum absolute atomic E-state index is 13.9. The van der Waals surface area contributed by atoms with Crippen molar-refractivity contribution in [2.24, 2.45) is 0 Å². The highest BCUT2D eigenvalue weighted by molar-refractivity contribution is 6.02. The lowest BCUT2D eigenvalue weighted by atomic mass is 9.98. The van der Waals surface area contributed by atoms with Crippen LogP contribution >= 0.6 is 0 Å². The van der Waals surface area contributed by atoms with Gasteiger partial charge in [-0.1, -0.05) is 65.7 Å². The summed E-state index contributed by atoms with van der Waals surface area (Å²) in [6, 6.07) is 16.7. The first kappa shape index (κ1) is 19.4. The van der Waals surface area contributed by atoms with Crippen LogP contribution in [0.25, 0.3) is 0 Å². The van der Waals surface area contributed by atoms with E-state index >= 15 is 0 Å². The molecule has 0 heterocycles. The third-order valence-corrected chi connectivity index (χ3v) is 4.35. The summed E-state index contributed by atoms with van der Waals surface area (Å²) in [5.74, 6) is -3.80. The highest BCUT2D eigenvalue weighted by Gasteiger charge is 2.29. The largest absolute Gasteiger partial charge is 0.445 e. The van der Waals surface area contributed by atoms with E-state index in [2.05, 4.69) is 0 Å². The fourth-order valence-corrected chi connectivity index (χ4v) is 2.74. The molecule has 1 atom stereocenters. The minimum absolute atomic E-state index is 0.331. The number of benzene rings is 3. The maximum Gasteiger partial charge on any atom is 0.345 e. The summed E-state index contributed by atoms with van der Waals surface area (Å²) in [6.07, 6.45) is -1.32. The molecule has 0 radical (unpaired) electrons. The van der Waals surface area contributed by atoms with E-state index in [1.54, 1.807) is 48.5 Å². The van der Waals surface area contributed by atoms with Crippen molar-refractivity contribution in [3.05, 3.63) is 106 Å². The molecule has 0 saturated carbocycles. The van der Waals surface area contributed by atoms with E-state index in [-0.39, 0.29) is 0 Å². The van der Waals surface area contributed by atoms with E-state index in [1.807, 2.05) is 13.8 Å². The van der Waals surface area contributed by atoms with Gasteiger partial charge in [0, 0.05) is 11.1 Å². The SMILES string of the molecule is Cc1ccc(C(=O)[C@H](OC(=O)c2c(F)cccc2F)c2ccc(C)cc2)cc1. The van der Waals surface area contributed by atoms with Crippen LogP contribution in [-0.2, 0) is 4.74 Å². The summed E-state index contributed by atoms with van der Waals surface area (Å²) < 4.78 is 33.2. The Hall–Kier alpha value is -3.34. The Morgan fingerprint density at radius 3 is 1.82 bits per heavy atom. The van der Waals surface area contributed by atoms with Crippen LogP contribution in [0, 0.1) is 25.5 Å². The summed E-state index contributed by atoms with van der Waals surface area (Å²) in [7, 11) is 0. The highest BCUT2D eigenvalue weighted by atomic mass is 19.1. The van der Waals surface area contributed by atoms with Crippen LogP contribution in [0.15, 0.2) is 66.7 Å². The summed E-state index contributed by atoms with van der Waals surface area (Å²) in [4.78, 5) is 25.5. The van der Waals surface area contributed by atoms with Gasteiger partial charge < -0.3 is 4.74 Å². The molecule has 0 aliphatic carbocycles. The lowest BCUT2D eigenvalue weighted by molar-refractivity contribution is 0.0270. The number of hydrogen-bond donors (Lipinski definition) is 0. The minimum atomic E-state index is -1.32. The summed E-state index contributed by atoms with van der Waals surface area (Å²) in [6.45, 7) is 3.76. The fourth-order valence-electron chi connectivity index (χ4n) is 2.74. The molecule has 3 nitrogen and oxygen atoms in total. The molecule has 3 aromatic carbocycles. The molecule has 0 aliphatic heterocycles. The molecule has 3 aromatic rings. The zero-order valence-electron chi connectivity index (χ0n) is 15.4. The van der Waals surface area contributed by atoms with Crippen LogP contribution in [0.5, 0.6) is 0 Å². The van der Waals surface area contributed by atoms with Crippen LogP contribution in [0.2, 0.25) is 0 Å². The average molecular weight is 380 g/mol. The Bertz CT molecular complexity index is 989. The van der Waals surface area contributed by atoms with Crippen molar-refractivity contribution in [1.82, 2.24) is 0 Å². The number of aryl methyl sites for hydroxylation is 2. The molecular formula is C23H18F2O3. The molecule has 0 amide bonds. The van der Waals surface area contributed by atoms with E-state index in [0.717, 1.165) is 29.3 Å². The van der Waals surface area contributed by atoms with Crippen LogP contribution in [0.3, 0.4) is 0 Å². The van der Waals surface area contributed by atoms with Crippen LogP contribution in [0.4, 0.5) is 8.78 Å². The number of ketones is 1. The van der Waals surface area contributed by atoms with Gasteiger partial charge in [-0.25, -0.2) is 13.6 Å². The summed E-state index contributed by atoms with van der Waals surface area (Å²) in [5.41, 5.74) is 1.85. The predicted octanol–water partition coefficient (Wildman–Crippen LogP) is 5.36. The van der Waals surface area contributed by atoms with Gasteiger partial charge in [-0.15, -0.1) is 0 Å². The van der Waals surface area contributed by atoms with Gasteiger partial charge >= 0.3 is 5.97 Å². The van der Waals surface area contributed by atoms with E-state index in [0.29, 0.717) is 11.1 Å². The number of rotatable bonds is 5. The van der Waals surface area contributed by atoms with Gasteiger partial charge in [0.2, 0.25) is 5.78 Å². The molecule has 0 aliphatic rings. The van der Waals surface area contributed by atoms with Gasteiger partial charge in [0.15, 0.2) is 6.10 Å². The Labute approximate surface area is 161 Å². The number of ether oxygens (including phenoxy) is 1. The lowest BCUT2D eigenvalue weighted by Gasteiger charge is -2.18. The average Bonchev–Trinajstić information content (AvgIpc) is 2.67. The predicted molar refractivity (Wildman–Crippen MR) is 101 cm³/mol. The van der Waals surface area contributed by atoms with Gasteiger partial charge in [0.05, 0.1) is 0 Å². The molecule has 0 aromatic heterocycles. The third-order valence-electron chi connectivity index (χ3n) is 4.35. The van der Waals surface area contributed by atoms with Crippen molar-refractivity contribution in [2.75, 3.05) is 0 Å². The van der Waals surface area contributed by atoms with Crippen LogP contribution in [0.1, 0.15) is 43.5 Å². The molecule has 5 heteroatoms. The topological polar surface area (TPSA) is 43.4 Å². The second kappa shape index (κ2) is 8.13. The molecule has 0 saturated heterocycles.